The summed E-state index contributed by atoms with van der Waals surface area (Å²) in [5, 5.41) is 0. The Morgan fingerprint density at radius 2 is 1.81 bits per heavy atom. The molecular formula is C11H18O5. The van der Waals surface area contributed by atoms with Crippen molar-refractivity contribution in [2.24, 2.45) is 0 Å². The maximum atomic E-state index is 10.9. The second kappa shape index (κ2) is 8.91. The molecule has 0 bridgehead atoms. The van der Waals surface area contributed by atoms with Gasteiger partial charge in [-0.05, 0) is 13.8 Å². The van der Waals surface area contributed by atoms with Crippen molar-refractivity contribution in [2.75, 3.05) is 26.4 Å². The van der Waals surface area contributed by atoms with Crippen LogP contribution in [0.5, 0.6) is 0 Å². The van der Waals surface area contributed by atoms with E-state index in [2.05, 4.69) is 6.58 Å². The Morgan fingerprint density at radius 3 is 2.38 bits per heavy atom. The highest BCUT2D eigenvalue weighted by Gasteiger charge is 2.03. The van der Waals surface area contributed by atoms with Crippen molar-refractivity contribution in [3.05, 3.63) is 12.2 Å². The predicted octanol–water partition coefficient (Wildman–Crippen LogP) is 1.08. The van der Waals surface area contributed by atoms with Crippen molar-refractivity contribution in [1.29, 1.82) is 0 Å². The van der Waals surface area contributed by atoms with E-state index in [4.69, 9.17) is 14.2 Å². The third kappa shape index (κ3) is 7.99. The van der Waals surface area contributed by atoms with Crippen molar-refractivity contribution in [3.63, 3.8) is 0 Å². The van der Waals surface area contributed by atoms with Gasteiger partial charge in [-0.25, -0.2) is 4.79 Å². The fraction of sp³-hybridized carbons (Fsp3) is 0.636. The fourth-order valence-electron chi connectivity index (χ4n) is 0.807. The number of esters is 2. The van der Waals surface area contributed by atoms with Crippen molar-refractivity contribution in [3.8, 4) is 0 Å². The monoisotopic (exact) mass is 230 g/mol. The quantitative estimate of drug-likeness (QED) is 0.354. The minimum atomic E-state index is -0.436. The van der Waals surface area contributed by atoms with Gasteiger partial charge in [-0.1, -0.05) is 6.58 Å². The van der Waals surface area contributed by atoms with Gasteiger partial charge in [-0.15, -0.1) is 0 Å². The summed E-state index contributed by atoms with van der Waals surface area (Å²) in [6.45, 7) is 7.82. The van der Waals surface area contributed by atoms with E-state index in [0.717, 1.165) is 0 Å². The maximum Gasteiger partial charge on any atom is 0.333 e. The van der Waals surface area contributed by atoms with Crippen LogP contribution in [-0.4, -0.2) is 38.4 Å². The first-order valence-electron chi connectivity index (χ1n) is 5.14. The summed E-state index contributed by atoms with van der Waals surface area (Å²) >= 11 is 0. The Morgan fingerprint density at radius 1 is 1.12 bits per heavy atom. The van der Waals surface area contributed by atoms with Gasteiger partial charge in [-0.3, -0.25) is 4.79 Å². The lowest BCUT2D eigenvalue weighted by molar-refractivity contribution is -0.145. The second-order valence-corrected chi connectivity index (χ2v) is 3.08. The molecule has 0 aromatic rings. The zero-order chi connectivity index (χ0) is 12.4. The van der Waals surface area contributed by atoms with Gasteiger partial charge in [-0.2, -0.15) is 0 Å². The van der Waals surface area contributed by atoms with Gasteiger partial charge < -0.3 is 14.2 Å². The highest BCUT2D eigenvalue weighted by molar-refractivity contribution is 5.86. The molecule has 0 atom stereocenters. The molecule has 16 heavy (non-hydrogen) atoms. The summed E-state index contributed by atoms with van der Waals surface area (Å²) in [6.07, 6.45) is 0.211. The minimum Gasteiger partial charge on any atom is -0.466 e. The van der Waals surface area contributed by atoms with Crippen LogP contribution < -0.4 is 0 Å². The molecule has 0 aliphatic heterocycles. The molecule has 5 heteroatoms. The molecule has 0 amide bonds. The lowest BCUT2D eigenvalue weighted by Gasteiger charge is -2.05. The number of rotatable bonds is 8. The number of hydrogen-bond donors (Lipinski definition) is 0. The SMILES string of the molecule is C=C(C)C(=O)OCCOCCC(=O)OCC. The van der Waals surface area contributed by atoms with E-state index in [1.54, 1.807) is 13.8 Å². The van der Waals surface area contributed by atoms with E-state index >= 15 is 0 Å². The zero-order valence-corrected chi connectivity index (χ0v) is 9.78. The number of ether oxygens (including phenoxy) is 3. The van der Waals surface area contributed by atoms with Crippen molar-refractivity contribution in [1.82, 2.24) is 0 Å². The topological polar surface area (TPSA) is 61.8 Å². The van der Waals surface area contributed by atoms with Crippen LogP contribution in [0.2, 0.25) is 0 Å². The number of carbonyl (C=O) groups excluding carboxylic acids is 2. The van der Waals surface area contributed by atoms with Crippen LogP contribution >= 0.6 is 0 Å². The largest absolute Gasteiger partial charge is 0.466 e. The first-order chi connectivity index (χ1) is 7.57. The molecule has 0 heterocycles. The van der Waals surface area contributed by atoms with Gasteiger partial charge in [0.1, 0.15) is 6.61 Å². The second-order valence-electron chi connectivity index (χ2n) is 3.08. The summed E-state index contributed by atoms with van der Waals surface area (Å²) in [4.78, 5) is 21.8. The van der Waals surface area contributed by atoms with Gasteiger partial charge >= 0.3 is 11.9 Å². The zero-order valence-electron chi connectivity index (χ0n) is 9.78. The molecule has 0 fully saturated rings. The average molecular weight is 230 g/mol. The lowest BCUT2D eigenvalue weighted by atomic mass is 10.4. The lowest BCUT2D eigenvalue weighted by Crippen LogP contribution is -2.13. The Hall–Kier alpha value is -1.36. The van der Waals surface area contributed by atoms with E-state index in [1.807, 2.05) is 0 Å². The van der Waals surface area contributed by atoms with Crippen LogP contribution in [0.25, 0.3) is 0 Å². The summed E-state index contributed by atoms with van der Waals surface area (Å²) in [7, 11) is 0. The highest BCUT2D eigenvalue weighted by Crippen LogP contribution is 1.92. The molecule has 0 unspecified atom stereocenters. The first kappa shape index (κ1) is 14.6. The molecule has 0 aromatic carbocycles. The van der Waals surface area contributed by atoms with Gasteiger partial charge in [0.25, 0.3) is 0 Å². The third-order valence-electron chi connectivity index (χ3n) is 1.57. The molecule has 0 aliphatic carbocycles. The smallest absolute Gasteiger partial charge is 0.333 e. The third-order valence-corrected chi connectivity index (χ3v) is 1.57. The molecule has 5 nitrogen and oxygen atoms in total. The van der Waals surface area contributed by atoms with E-state index < -0.39 is 5.97 Å². The van der Waals surface area contributed by atoms with E-state index in [-0.39, 0.29) is 32.2 Å². The van der Waals surface area contributed by atoms with Gasteiger partial charge in [0, 0.05) is 5.57 Å². The standard InChI is InChI=1S/C11H18O5/c1-4-15-10(12)5-6-14-7-8-16-11(13)9(2)3/h2,4-8H2,1,3H3. The Bertz CT molecular complexity index is 247. The van der Waals surface area contributed by atoms with Crippen LogP contribution in [0.3, 0.4) is 0 Å². The first-order valence-corrected chi connectivity index (χ1v) is 5.14. The van der Waals surface area contributed by atoms with Crippen LogP contribution in [0.1, 0.15) is 20.3 Å². The number of carbonyl (C=O) groups is 2. The van der Waals surface area contributed by atoms with Crippen LogP contribution in [0.15, 0.2) is 12.2 Å². The summed E-state index contributed by atoms with van der Waals surface area (Å²) in [5.74, 6) is -0.726. The van der Waals surface area contributed by atoms with Crippen molar-refractivity contribution in [2.45, 2.75) is 20.3 Å². The van der Waals surface area contributed by atoms with Crippen LogP contribution in [-0.2, 0) is 23.8 Å². The van der Waals surface area contributed by atoms with Crippen molar-refractivity contribution >= 4 is 11.9 Å². The highest BCUT2D eigenvalue weighted by atomic mass is 16.6. The molecule has 0 radical (unpaired) electrons. The minimum absolute atomic E-state index is 0.161. The molecule has 0 spiro atoms. The normalized spacial score (nSPS) is 9.62. The van der Waals surface area contributed by atoms with Gasteiger partial charge in [0.2, 0.25) is 0 Å². The molecule has 0 aromatic heterocycles. The average Bonchev–Trinajstić information content (AvgIpc) is 2.23. The molecule has 0 rings (SSSR count). The summed E-state index contributed by atoms with van der Waals surface area (Å²) in [5.41, 5.74) is 0.353. The van der Waals surface area contributed by atoms with E-state index in [0.29, 0.717) is 12.2 Å². The molecule has 0 saturated heterocycles. The van der Waals surface area contributed by atoms with Crippen molar-refractivity contribution < 1.29 is 23.8 Å². The fourth-order valence-corrected chi connectivity index (χ4v) is 0.807. The van der Waals surface area contributed by atoms with Gasteiger partial charge in [0.15, 0.2) is 0 Å². The summed E-state index contributed by atoms with van der Waals surface area (Å²) in [6, 6.07) is 0. The van der Waals surface area contributed by atoms with Gasteiger partial charge in [0.05, 0.1) is 26.2 Å². The molecule has 0 aliphatic rings. The Kier molecular flexibility index (Phi) is 8.15. The molecule has 0 saturated carbocycles. The predicted molar refractivity (Wildman–Crippen MR) is 57.8 cm³/mol. The Balaban J connectivity index is 3.31. The molecule has 92 valence electrons. The maximum absolute atomic E-state index is 10.9. The van der Waals surface area contributed by atoms with E-state index in [1.165, 1.54) is 0 Å². The van der Waals surface area contributed by atoms with Crippen LogP contribution in [0, 0.1) is 0 Å². The number of hydrogen-bond acceptors (Lipinski definition) is 5. The Labute approximate surface area is 95.4 Å². The molecular weight excluding hydrogens is 212 g/mol. The molecule has 0 N–H and O–H groups in total. The van der Waals surface area contributed by atoms with Crippen LogP contribution in [0.4, 0.5) is 0 Å². The summed E-state index contributed by atoms with van der Waals surface area (Å²) < 4.78 is 14.6. The van der Waals surface area contributed by atoms with E-state index in [9.17, 15) is 9.59 Å².